The number of nitrogens with one attached hydrogen (secondary N) is 1. The molecule has 0 heterocycles. The Labute approximate surface area is 135 Å². The third-order valence-electron chi connectivity index (χ3n) is 3.21. The van der Waals surface area contributed by atoms with E-state index in [1.807, 2.05) is 31.2 Å². The van der Waals surface area contributed by atoms with Gasteiger partial charge in [0, 0.05) is 9.61 Å². The molecule has 0 saturated heterocycles. The van der Waals surface area contributed by atoms with Crippen molar-refractivity contribution in [3.05, 3.63) is 68.5 Å². The predicted molar refractivity (Wildman–Crippen MR) is 85.6 cm³/mol. The molecule has 1 nitrogen and oxygen atoms in total. The molecule has 5 heteroatoms. The second-order valence-electron chi connectivity index (χ2n) is 4.74. The van der Waals surface area contributed by atoms with E-state index in [-0.39, 0.29) is 6.04 Å². The van der Waals surface area contributed by atoms with E-state index in [0.717, 1.165) is 21.3 Å². The van der Waals surface area contributed by atoms with Crippen molar-refractivity contribution in [1.29, 1.82) is 0 Å². The summed E-state index contributed by atoms with van der Waals surface area (Å²) in [5.74, 6) is -3.74. The van der Waals surface area contributed by atoms with E-state index >= 15 is 0 Å². The lowest BCUT2D eigenvalue weighted by molar-refractivity contribution is 0.439. The highest BCUT2D eigenvalue weighted by molar-refractivity contribution is 14.1. The van der Waals surface area contributed by atoms with Crippen molar-refractivity contribution < 1.29 is 13.2 Å². The van der Waals surface area contributed by atoms with Gasteiger partial charge in [0.05, 0.1) is 0 Å². The van der Waals surface area contributed by atoms with Crippen molar-refractivity contribution >= 4 is 22.6 Å². The monoisotopic (exact) mass is 405 g/mol. The van der Waals surface area contributed by atoms with Crippen LogP contribution in [0.15, 0.2) is 36.4 Å². The van der Waals surface area contributed by atoms with E-state index < -0.39 is 17.5 Å². The van der Waals surface area contributed by atoms with Gasteiger partial charge in [-0.2, -0.15) is 0 Å². The zero-order valence-electron chi connectivity index (χ0n) is 11.5. The summed E-state index contributed by atoms with van der Waals surface area (Å²) in [6.07, 6.45) is 0.579. The van der Waals surface area contributed by atoms with Crippen LogP contribution >= 0.6 is 22.6 Å². The Morgan fingerprint density at radius 1 is 1.05 bits per heavy atom. The first-order valence-corrected chi connectivity index (χ1v) is 7.71. The fourth-order valence-corrected chi connectivity index (χ4v) is 2.55. The number of rotatable bonds is 5. The summed E-state index contributed by atoms with van der Waals surface area (Å²) in [7, 11) is 0. The molecule has 112 valence electrons. The topological polar surface area (TPSA) is 12.0 Å². The fourth-order valence-electron chi connectivity index (χ4n) is 2.19. The minimum atomic E-state index is -1.43. The number of likely N-dealkylation sites (N-methyl/N-ethyl adjacent to an activating group) is 1. The lowest BCUT2D eigenvalue weighted by Gasteiger charge is -2.19. The molecule has 0 amide bonds. The summed E-state index contributed by atoms with van der Waals surface area (Å²) in [6.45, 7) is 2.56. The van der Waals surface area contributed by atoms with E-state index in [9.17, 15) is 13.2 Å². The smallest absolute Gasteiger partial charge is 0.194 e. The SMILES string of the molecule is CCNC(Cc1ccc(I)cc1)c1cc(F)c(F)c(F)c1. The van der Waals surface area contributed by atoms with Gasteiger partial charge in [-0.25, -0.2) is 13.2 Å². The normalized spacial score (nSPS) is 12.4. The molecule has 0 radical (unpaired) electrons. The van der Waals surface area contributed by atoms with Gasteiger partial charge >= 0.3 is 0 Å². The Hall–Kier alpha value is -1.08. The molecule has 1 N–H and O–H groups in total. The standard InChI is InChI=1S/C16H15F3IN/c1-2-21-15(7-10-3-5-12(20)6-4-10)11-8-13(17)16(19)14(18)9-11/h3-6,8-9,15,21H,2,7H2,1H3. The average Bonchev–Trinajstić information content (AvgIpc) is 2.46. The first-order valence-electron chi connectivity index (χ1n) is 6.63. The van der Waals surface area contributed by atoms with Gasteiger partial charge in [0.15, 0.2) is 17.5 Å². The molecule has 0 aliphatic carbocycles. The van der Waals surface area contributed by atoms with Gasteiger partial charge in [-0.15, -0.1) is 0 Å². The molecule has 0 saturated carbocycles. The highest BCUT2D eigenvalue weighted by atomic mass is 127. The van der Waals surface area contributed by atoms with Crippen LogP contribution in [-0.2, 0) is 6.42 Å². The van der Waals surface area contributed by atoms with Crippen molar-refractivity contribution in [1.82, 2.24) is 5.32 Å². The van der Waals surface area contributed by atoms with Crippen LogP contribution in [0.5, 0.6) is 0 Å². The van der Waals surface area contributed by atoms with Gasteiger partial charge in [0.25, 0.3) is 0 Å². The van der Waals surface area contributed by atoms with Crippen LogP contribution in [0.3, 0.4) is 0 Å². The maximum Gasteiger partial charge on any atom is 0.194 e. The summed E-state index contributed by atoms with van der Waals surface area (Å²) in [5.41, 5.74) is 1.46. The van der Waals surface area contributed by atoms with Gasteiger partial charge in [-0.05, 0) is 70.9 Å². The third-order valence-corrected chi connectivity index (χ3v) is 3.93. The van der Waals surface area contributed by atoms with Crippen LogP contribution in [0.4, 0.5) is 13.2 Å². The maximum atomic E-state index is 13.4. The lowest BCUT2D eigenvalue weighted by Crippen LogP contribution is -2.23. The molecule has 0 fully saturated rings. The van der Waals surface area contributed by atoms with Crippen LogP contribution in [-0.4, -0.2) is 6.54 Å². The quantitative estimate of drug-likeness (QED) is 0.567. The van der Waals surface area contributed by atoms with Gasteiger partial charge in [-0.1, -0.05) is 19.1 Å². The molecule has 0 aliphatic heterocycles. The van der Waals surface area contributed by atoms with E-state index in [4.69, 9.17) is 0 Å². The molecule has 21 heavy (non-hydrogen) atoms. The van der Waals surface area contributed by atoms with Gasteiger partial charge in [0.1, 0.15) is 0 Å². The minimum Gasteiger partial charge on any atom is -0.310 e. The van der Waals surface area contributed by atoms with E-state index in [0.29, 0.717) is 18.5 Å². The van der Waals surface area contributed by atoms with E-state index in [1.54, 1.807) is 0 Å². The molecular formula is C16H15F3IN. The molecule has 2 rings (SSSR count). The largest absolute Gasteiger partial charge is 0.310 e. The molecule has 0 aromatic heterocycles. The van der Waals surface area contributed by atoms with Crippen LogP contribution < -0.4 is 5.32 Å². The highest BCUT2D eigenvalue weighted by Gasteiger charge is 2.17. The summed E-state index contributed by atoms with van der Waals surface area (Å²) in [5, 5.41) is 3.18. The Morgan fingerprint density at radius 3 is 2.14 bits per heavy atom. The Kier molecular flexibility index (Phi) is 5.64. The molecule has 0 aliphatic rings. The second-order valence-corrected chi connectivity index (χ2v) is 5.99. The molecule has 0 spiro atoms. The summed E-state index contributed by atoms with van der Waals surface area (Å²) < 4.78 is 41.0. The van der Waals surface area contributed by atoms with Gasteiger partial charge in [-0.3, -0.25) is 0 Å². The number of halogens is 4. The van der Waals surface area contributed by atoms with Crippen molar-refractivity contribution in [3.63, 3.8) is 0 Å². The van der Waals surface area contributed by atoms with Crippen LogP contribution in [0.2, 0.25) is 0 Å². The minimum absolute atomic E-state index is 0.264. The lowest BCUT2D eigenvalue weighted by atomic mass is 9.98. The third kappa shape index (κ3) is 4.20. The first kappa shape index (κ1) is 16.3. The summed E-state index contributed by atoms with van der Waals surface area (Å²) >= 11 is 2.21. The molecule has 1 atom stereocenters. The number of hydrogen-bond donors (Lipinski definition) is 1. The zero-order valence-corrected chi connectivity index (χ0v) is 13.6. The first-order chi connectivity index (χ1) is 10.0. The summed E-state index contributed by atoms with van der Waals surface area (Å²) in [4.78, 5) is 0. The maximum absolute atomic E-state index is 13.4. The van der Waals surface area contributed by atoms with E-state index in [1.165, 1.54) is 0 Å². The molecule has 2 aromatic carbocycles. The van der Waals surface area contributed by atoms with E-state index in [2.05, 4.69) is 27.9 Å². The van der Waals surface area contributed by atoms with Gasteiger partial charge < -0.3 is 5.32 Å². The highest BCUT2D eigenvalue weighted by Crippen LogP contribution is 2.23. The predicted octanol–water partition coefficient (Wildman–Crippen LogP) is 4.60. The average molecular weight is 405 g/mol. The van der Waals surface area contributed by atoms with Crippen LogP contribution in [0.1, 0.15) is 24.1 Å². The Balaban J connectivity index is 2.28. The molecule has 0 bridgehead atoms. The second kappa shape index (κ2) is 7.26. The molecule has 1 unspecified atom stereocenters. The number of hydrogen-bond acceptors (Lipinski definition) is 1. The van der Waals surface area contributed by atoms with Crippen LogP contribution in [0.25, 0.3) is 0 Å². The Bertz CT molecular complexity index is 590. The molecular weight excluding hydrogens is 390 g/mol. The van der Waals surface area contributed by atoms with Crippen molar-refractivity contribution in [2.75, 3.05) is 6.54 Å². The van der Waals surface area contributed by atoms with Crippen molar-refractivity contribution in [2.24, 2.45) is 0 Å². The molecule has 2 aromatic rings. The number of benzene rings is 2. The van der Waals surface area contributed by atoms with Crippen LogP contribution in [0, 0.1) is 21.0 Å². The zero-order chi connectivity index (χ0) is 15.4. The Morgan fingerprint density at radius 2 is 1.62 bits per heavy atom. The summed E-state index contributed by atoms with van der Waals surface area (Å²) in [6, 6.07) is 9.75. The van der Waals surface area contributed by atoms with Crippen molar-refractivity contribution in [3.8, 4) is 0 Å². The van der Waals surface area contributed by atoms with Gasteiger partial charge in [0.2, 0.25) is 0 Å². The van der Waals surface area contributed by atoms with Crippen molar-refractivity contribution in [2.45, 2.75) is 19.4 Å². The fraction of sp³-hybridized carbons (Fsp3) is 0.250.